The summed E-state index contributed by atoms with van der Waals surface area (Å²) >= 11 is 0. The SMILES string of the molecule is CCc1ccc([C@@H](N2CCNCC2)C(C)(C)C)cc1.Cl.Cl. The first kappa shape index (κ1) is 20.7. The van der Waals surface area contributed by atoms with Crippen LogP contribution in [0.25, 0.3) is 0 Å². The van der Waals surface area contributed by atoms with E-state index < -0.39 is 0 Å². The van der Waals surface area contributed by atoms with Crippen LogP contribution in [-0.2, 0) is 6.42 Å². The average Bonchev–Trinajstić information content (AvgIpc) is 2.39. The first-order chi connectivity index (χ1) is 9.02. The molecule has 1 N–H and O–H groups in total. The van der Waals surface area contributed by atoms with Crippen molar-refractivity contribution in [3.05, 3.63) is 35.4 Å². The fourth-order valence-electron chi connectivity index (χ4n) is 3.13. The lowest BCUT2D eigenvalue weighted by molar-refractivity contribution is 0.0862. The van der Waals surface area contributed by atoms with E-state index >= 15 is 0 Å². The smallest absolute Gasteiger partial charge is 0.0397 e. The van der Waals surface area contributed by atoms with Crippen molar-refractivity contribution < 1.29 is 0 Å². The number of aryl methyl sites for hydroxylation is 1. The van der Waals surface area contributed by atoms with Crippen LogP contribution in [0, 0.1) is 5.41 Å². The molecular weight excluding hydrogens is 303 g/mol. The van der Waals surface area contributed by atoms with Crippen molar-refractivity contribution >= 4 is 24.8 Å². The zero-order chi connectivity index (χ0) is 13.9. The van der Waals surface area contributed by atoms with Crippen LogP contribution in [0.1, 0.15) is 44.9 Å². The Hall–Kier alpha value is -0.280. The van der Waals surface area contributed by atoms with Crippen molar-refractivity contribution in [2.75, 3.05) is 26.2 Å². The van der Waals surface area contributed by atoms with E-state index in [4.69, 9.17) is 0 Å². The van der Waals surface area contributed by atoms with Crippen molar-refractivity contribution in [1.82, 2.24) is 10.2 Å². The Morgan fingerprint density at radius 1 is 1.05 bits per heavy atom. The second-order valence-corrected chi connectivity index (χ2v) is 6.65. The van der Waals surface area contributed by atoms with Gasteiger partial charge in [0.05, 0.1) is 0 Å². The Kier molecular flexibility index (Phi) is 8.87. The Morgan fingerprint density at radius 3 is 2.00 bits per heavy atom. The van der Waals surface area contributed by atoms with Gasteiger partial charge in [0.2, 0.25) is 0 Å². The number of piperazine rings is 1. The molecule has 1 saturated heterocycles. The Labute approximate surface area is 142 Å². The van der Waals surface area contributed by atoms with Crippen molar-refractivity contribution in [2.45, 2.75) is 40.2 Å². The van der Waals surface area contributed by atoms with Crippen LogP contribution in [-0.4, -0.2) is 31.1 Å². The lowest BCUT2D eigenvalue weighted by Gasteiger charge is -2.42. The number of halogens is 2. The van der Waals surface area contributed by atoms with Crippen molar-refractivity contribution in [3.8, 4) is 0 Å². The number of benzene rings is 1. The summed E-state index contributed by atoms with van der Waals surface area (Å²) in [5.74, 6) is 0. The minimum absolute atomic E-state index is 0. The molecule has 1 aliphatic heterocycles. The molecule has 1 atom stereocenters. The lowest BCUT2D eigenvalue weighted by Crippen LogP contribution is -2.48. The van der Waals surface area contributed by atoms with Gasteiger partial charge in [0.1, 0.15) is 0 Å². The quantitative estimate of drug-likeness (QED) is 0.896. The zero-order valence-electron chi connectivity index (χ0n) is 13.7. The normalized spacial score (nSPS) is 17.5. The molecular formula is C17H30Cl2N2. The second kappa shape index (κ2) is 8.99. The third kappa shape index (κ3) is 5.45. The molecule has 1 aromatic rings. The molecule has 1 aliphatic rings. The summed E-state index contributed by atoms with van der Waals surface area (Å²) in [6.45, 7) is 13.8. The highest BCUT2D eigenvalue weighted by molar-refractivity contribution is 5.85. The maximum Gasteiger partial charge on any atom is 0.0397 e. The minimum Gasteiger partial charge on any atom is -0.314 e. The molecule has 0 saturated carbocycles. The lowest BCUT2D eigenvalue weighted by atomic mass is 9.80. The first-order valence-electron chi connectivity index (χ1n) is 7.56. The number of rotatable bonds is 3. The van der Waals surface area contributed by atoms with E-state index in [2.05, 4.69) is 62.2 Å². The summed E-state index contributed by atoms with van der Waals surface area (Å²) in [7, 11) is 0. The number of nitrogens with one attached hydrogen (secondary N) is 1. The van der Waals surface area contributed by atoms with E-state index in [0.717, 1.165) is 32.6 Å². The maximum absolute atomic E-state index is 3.45. The van der Waals surface area contributed by atoms with Gasteiger partial charge >= 0.3 is 0 Å². The average molecular weight is 333 g/mol. The highest BCUT2D eigenvalue weighted by Gasteiger charge is 2.32. The predicted molar refractivity (Wildman–Crippen MR) is 97.0 cm³/mol. The topological polar surface area (TPSA) is 15.3 Å². The van der Waals surface area contributed by atoms with Crippen LogP contribution < -0.4 is 5.32 Å². The summed E-state index contributed by atoms with van der Waals surface area (Å²) < 4.78 is 0. The van der Waals surface area contributed by atoms with Gasteiger partial charge in [0, 0.05) is 32.2 Å². The van der Waals surface area contributed by atoms with Crippen LogP contribution in [0.15, 0.2) is 24.3 Å². The zero-order valence-corrected chi connectivity index (χ0v) is 15.3. The summed E-state index contributed by atoms with van der Waals surface area (Å²) in [4.78, 5) is 2.64. The number of hydrogen-bond acceptors (Lipinski definition) is 2. The van der Waals surface area contributed by atoms with E-state index in [1.54, 1.807) is 0 Å². The fraction of sp³-hybridized carbons (Fsp3) is 0.647. The van der Waals surface area contributed by atoms with E-state index in [1.165, 1.54) is 11.1 Å². The molecule has 0 radical (unpaired) electrons. The molecule has 0 unspecified atom stereocenters. The summed E-state index contributed by atoms with van der Waals surface area (Å²) in [6, 6.07) is 9.75. The van der Waals surface area contributed by atoms with Crippen molar-refractivity contribution in [1.29, 1.82) is 0 Å². The van der Waals surface area contributed by atoms with Crippen LogP contribution in [0.3, 0.4) is 0 Å². The van der Waals surface area contributed by atoms with Crippen molar-refractivity contribution in [3.63, 3.8) is 0 Å². The van der Waals surface area contributed by atoms with Crippen LogP contribution in [0.4, 0.5) is 0 Å². The minimum atomic E-state index is 0. The first-order valence-corrected chi connectivity index (χ1v) is 7.56. The molecule has 4 heteroatoms. The molecule has 122 valence electrons. The van der Waals surface area contributed by atoms with Gasteiger partial charge in [-0.05, 0) is 23.0 Å². The Morgan fingerprint density at radius 2 is 1.57 bits per heavy atom. The van der Waals surface area contributed by atoms with E-state index in [9.17, 15) is 0 Å². The molecule has 1 heterocycles. The third-order valence-corrected chi connectivity index (χ3v) is 4.04. The molecule has 0 spiro atoms. The molecule has 2 nitrogen and oxygen atoms in total. The van der Waals surface area contributed by atoms with Gasteiger partial charge in [-0.15, -0.1) is 24.8 Å². The standard InChI is InChI=1S/C17H28N2.2ClH/c1-5-14-6-8-15(9-7-14)16(17(2,3)4)19-12-10-18-11-13-19;;/h6-9,16,18H,5,10-13H2,1-4H3;2*1H/t16-;;/m1../s1. The maximum atomic E-state index is 3.45. The molecule has 21 heavy (non-hydrogen) atoms. The Balaban J connectivity index is 0.00000200. The summed E-state index contributed by atoms with van der Waals surface area (Å²) in [6.07, 6.45) is 1.12. The van der Waals surface area contributed by atoms with Gasteiger partial charge in [-0.3, -0.25) is 4.90 Å². The molecule has 0 amide bonds. The second-order valence-electron chi connectivity index (χ2n) is 6.65. The van der Waals surface area contributed by atoms with Gasteiger partial charge in [-0.1, -0.05) is 52.0 Å². The third-order valence-electron chi connectivity index (χ3n) is 4.04. The van der Waals surface area contributed by atoms with Crippen molar-refractivity contribution in [2.24, 2.45) is 5.41 Å². The highest BCUT2D eigenvalue weighted by Crippen LogP contribution is 2.38. The van der Waals surface area contributed by atoms with Crippen LogP contribution in [0.5, 0.6) is 0 Å². The van der Waals surface area contributed by atoms with E-state index in [-0.39, 0.29) is 30.2 Å². The molecule has 0 aliphatic carbocycles. The fourth-order valence-corrected chi connectivity index (χ4v) is 3.13. The summed E-state index contributed by atoms with van der Waals surface area (Å²) in [5.41, 5.74) is 3.16. The largest absolute Gasteiger partial charge is 0.314 e. The van der Waals surface area contributed by atoms with Crippen LogP contribution in [0.2, 0.25) is 0 Å². The summed E-state index contributed by atoms with van der Waals surface area (Å²) in [5, 5.41) is 3.45. The number of nitrogens with zero attached hydrogens (tertiary/aromatic N) is 1. The molecule has 0 bridgehead atoms. The molecule has 0 aromatic heterocycles. The van der Waals surface area contributed by atoms with Gasteiger partial charge in [-0.25, -0.2) is 0 Å². The van der Waals surface area contributed by atoms with Gasteiger partial charge in [0.15, 0.2) is 0 Å². The molecule has 2 rings (SSSR count). The van der Waals surface area contributed by atoms with Crippen LogP contribution >= 0.6 is 24.8 Å². The molecule has 1 fully saturated rings. The highest BCUT2D eigenvalue weighted by atomic mass is 35.5. The van der Waals surface area contributed by atoms with E-state index in [1.807, 2.05) is 0 Å². The number of hydrogen-bond donors (Lipinski definition) is 1. The van der Waals surface area contributed by atoms with Gasteiger partial charge in [0.25, 0.3) is 0 Å². The predicted octanol–water partition coefficient (Wildman–Crippen LogP) is 4.09. The van der Waals surface area contributed by atoms with Gasteiger partial charge < -0.3 is 5.32 Å². The monoisotopic (exact) mass is 332 g/mol. The van der Waals surface area contributed by atoms with E-state index in [0.29, 0.717) is 6.04 Å². The van der Waals surface area contributed by atoms with Gasteiger partial charge in [-0.2, -0.15) is 0 Å². The Bertz CT molecular complexity index is 392. The molecule has 1 aromatic carbocycles.